The lowest BCUT2D eigenvalue weighted by Gasteiger charge is -2.36. The van der Waals surface area contributed by atoms with Crippen molar-refractivity contribution in [1.29, 1.82) is 0 Å². The van der Waals surface area contributed by atoms with E-state index in [0.717, 1.165) is 6.42 Å². The lowest BCUT2D eigenvalue weighted by Crippen LogP contribution is -2.54. The number of ether oxygens (including phenoxy) is 2. The Hall–Kier alpha value is -0.200. The van der Waals surface area contributed by atoms with Gasteiger partial charge < -0.3 is 24.8 Å². The zero-order chi connectivity index (χ0) is 10.7. The average Bonchev–Trinajstić information content (AvgIpc) is 2.19. The van der Waals surface area contributed by atoms with E-state index >= 15 is 0 Å². The van der Waals surface area contributed by atoms with E-state index in [-0.39, 0.29) is 12.7 Å². The summed E-state index contributed by atoms with van der Waals surface area (Å²) >= 11 is 0. The van der Waals surface area contributed by atoms with E-state index in [9.17, 15) is 10.2 Å². The summed E-state index contributed by atoms with van der Waals surface area (Å²) < 4.78 is 10.4. The number of hydrogen-bond donors (Lipinski definition) is 3. The third kappa shape index (κ3) is 2.65. The van der Waals surface area contributed by atoms with Gasteiger partial charge in [-0.3, -0.25) is 0 Å². The van der Waals surface area contributed by atoms with Crippen molar-refractivity contribution < 1.29 is 24.8 Å². The van der Waals surface area contributed by atoms with Crippen LogP contribution in [0.1, 0.15) is 20.3 Å². The smallest absolute Gasteiger partial charge is 0.186 e. The van der Waals surface area contributed by atoms with E-state index in [1.807, 2.05) is 13.8 Å². The van der Waals surface area contributed by atoms with Gasteiger partial charge in [0.25, 0.3) is 0 Å². The molecule has 0 aliphatic carbocycles. The van der Waals surface area contributed by atoms with Crippen LogP contribution < -0.4 is 0 Å². The van der Waals surface area contributed by atoms with Gasteiger partial charge in [0, 0.05) is 0 Å². The van der Waals surface area contributed by atoms with Crippen LogP contribution in [-0.4, -0.2) is 52.6 Å². The normalized spacial score (nSPS) is 40.9. The maximum absolute atomic E-state index is 9.49. The summed E-state index contributed by atoms with van der Waals surface area (Å²) in [5.41, 5.74) is 0. The third-order valence-corrected chi connectivity index (χ3v) is 2.40. The molecule has 5 atom stereocenters. The Bertz CT molecular complexity index is 175. The second-order valence-electron chi connectivity index (χ2n) is 3.61. The van der Waals surface area contributed by atoms with Gasteiger partial charge in [-0.25, -0.2) is 0 Å². The molecule has 0 aromatic carbocycles. The number of rotatable bonds is 3. The first-order valence-electron chi connectivity index (χ1n) is 4.87. The lowest BCUT2D eigenvalue weighted by atomic mass is 10.1. The Labute approximate surface area is 83.3 Å². The minimum atomic E-state index is -1.20. The van der Waals surface area contributed by atoms with E-state index in [0.29, 0.717) is 0 Å². The van der Waals surface area contributed by atoms with Crippen molar-refractivity contribution in [3.8, 4) is 0 Å². The van der Waals surface area contributed by atoms with Gasteiger partial charge >= 0.3 is 0 Å². The zero-order valence-corrected chi connectivity index (χ0v) is 8.46. The van der Waals surface area contributed by atoms with E-state index in [4.69, 9.17) is 14.6 Å². The highest BCUT2D eigenvalue weighted by molar-refractivity contribution is 4.82. The average molecular weight is 206 g/mol. The molecular weight excluding hydrogens is 188 g/mol. The summed E-state index contributed by atoms with van der Waals surface area (Å²) in [6, 6.07) is 0. The molecule has 0 radical (unpaired) electrons. The fourth-order valence-corrected chi connectivity index (χ4v) is 1.22. The Morgan fingerprint density at radius 2 is 2.00 bits per heavy atom. The maximum atomic E-state index is 9.49. The van der Waals surface area contributed by atoms with Gasteiger partial charge in [-0.1, -0.05) is 6.92 Å². The predicted octanol–water partition coefficient (Wildman–Crippen LogP) is -0.760. The summed E-state index contributed by atoms with van der Waals surface area (Å²) in [6.45, 7) is 3.79. The largest absolute Gasteiger partial charge is 0.388 e. The van der Waals surface area contributed by atoms with Gasteiger partial charge in [0.15, 0.2) is 6.29 Å². The summed E-state index contributed by atoms with van der Waals surface area (Å²) in [5.74, 6) is 0. The van der Waals surface area contributed by atoms with Crippen molar-refractivity contribution in [2.24, 2.45) is 0 Å². The van der Waals surface area contributed by atoms with Crippen LogP contribution in [0, 0.1) is 0 Å². The molecule has 3 N–H and O–H groups in total. The molecule has 2 unspecified atom stereocenters. The van der Waals surface area contributed by atoms with Gasteiger partial charge in [-0.05, 0) is 13.3 Å². The number of hydrogen-bond acceptors (Lipinski definition) is 5. The third-order valence-electron chi connectivity index (χ3n) is 2.40. The molecule has 5 nitrogen and oxygen atoms in total. The summed E-state index contributed by atoms with van der Waals surface area (Å²) in [4.78, 5) is 0. The maximum Gasteiger partial charge on any atom is 0.186 e. The van der Waals surface area contributed by atoms with Crippen molar-refractivity contribution >= 4 is 0 Å². The van der Waals surface area contributed by atoms with Crippen LogP contribution in [0.3, 0.4) is 0 Å². The van der Waals surface area contributed by atoms with E-state index in [1.165, 1.54) is 0 Å². The Morgan fingerprint density at radius 1 is 1.36 bits per heavy atom. The molecule has 0 aromatic heterocycles. The molecule has 0 amide bonds. The van der Waals surface area contributed by atoms with Crippen molar-refractivity contribution in [3.05, 3.63) is 0 Å². The van der Waals surface area contributed by atoms with E-state index in [1.54, 1.807) is 0 Å². The highest BCUT2D eigenvalue weighted by Gasteiger charge is 2.38. The van der Waals surface area contributed by atoms with E-state index in [2.05, 4.69) is 0 Å². The molecule has 1 saturated heterocycles. The van der Waals surface area contributed by atoms with Crippen LogP contribution in [-0.2, 0) is 9.47 Å². The van der Waals surface area contributed by atoms with Crippen molar-refractivity contribution in [3.63, 3.8) is 0 Å². The fourth-order valence-electron chi connectivity index (χ4n) is 1.22. The second-order valence-corrected chi connectivity index (χ2v) is 3.61. The van der Waals surface area contributed by atoms with Gasteiger partial charge in [0.2, 0.25) is 0 Å². The molecule has 84 valence electrons. The molecule has 1 fully saturated rings. The molecule has 1 aliphatic heterocycles. The minimum absolute atomic E-state index is 0.0146. The molecule has 1 aliphatic rings. The highest BCUT2D eigenvalue weighted by Crippen LogP contribution is 2.18. The molecule has 1 rings (SSSR count). The molecule has 1 heterocycles. The molecular formula is C9H18O5. The quantitative estimate of drug-likeness (QED) is 0.565. The molecule has 5 heteroatoms. The highest BCUT2D eigenvalue weighted by atomic mass is 16.7. The number of aliphatic hydroxyl groups excluding tert-OH is 3. The first-order valence-corrected chi connectivity index (χ1v) is 4.87. The summed E-state index contributed by atoms with van der Waals surface area (Å²) in [6.07, 6.45) is -3.52. The molecule has 0 bridgehead atoms. The summed E-state index contributed by atoms with van der Waals surface area (Å²) in [7, 11) is 0. The van der Waals surface area contributed by atoms with Crippen molar-refractivity contribution in [2.45, 2.75) is 51.0 Å². The van der Waals surface area contributed by atoms with Crippen molar-refractivity contribution in [2.75, 3.05) is 6.61 Å². The Kier molecular flexibility index (Phi) is 4.28. The first kappa shape index (κ1) is 11.9. The van der Waals surface area contributed by atoms with Crippen LogP contribution >= 0.6 is 0 Å². The van der Waals surface area contributed by atoms with Crippen LogP contribution in [0.25, 0.3) is 0 Å². The fraction of sp³-hybridized carbons (Fsp3) is 1.00. The van der Waals surface area contributed by atoms with Gasteiger partial charge in [0.1, 0.15) is 18.3 Å². The van der Waals surface area contributed by atoms with Crippen LogP contribution in [0.15, 0.2) is 0 Å². The van der Waals surface area contributed by atoms with Crippen LogP contribution in [0.5, 0.6) is 0 Å². The van der Waals surface area contributed by atoms with Crippen LogP contribution in [0.4, 0.5) is 0 Å². The predicted molar refractivity (Wildman–Crippen MR) is 48.6 cm³/mol. The minimum Gasteiger partial charge on any atom is -0.388 e. The molecule has 14 heavy (non-hydrogen) atoms. The van der Waals surface area contributed by atoms with Crippen LogP contribution in [0.2, 0.25) is 0 Å². The Balaban J connectivity index is 2.46. The summed E-state index contributed by atoms with van der Waals surface area (Å²) in [5, 5.41) is 28.0. The van der Waals surface area contributed by atoms with Gasteiger partial charge in [0.05, 0.1) is 12.7 Å². The zero-order valence-electron chi connectivity index (χ0n) is 8.46. The molecule has 0 saturated carbocycles. The van der Waals surface area contributed by atoms with E-state index < -0.39 is 24.6 Å². The molecule has 0 aromatic rings. The van der Waals surface area contributed by atoms with Crippen molar-refractivity contribution in [1.82, 2.24) is 0 Å². The monoisotopic (exact) mass is 206 g/mol. The van der Waals surface area contributed by atoms with Gasteiger partial charge in [-0.15, -0.1) is 0 Å². The first-order chi connectivity index (χ1) is 6.56. The standard InChI is InChI=1S/C9H18O5/c1-3-5(2)14-9-8(12)7(11)6(10)4-13-9/h5-12H,3-4H2,1-2H3/t5?,6-,7?,8+,9+/m1/s1. The number of aliphatic hydroxyl groups is 3. The second kappa shape index (κ2) is 5.04. The lowest BCUT2D eigenvalue weighted by molar-refractivity contribution is -0.280. The topological polar surface area (TPSA) is 79.2 Å². The van der Waals surface area contributed by atoms with Gasteiger partial charge in [-0.2, -0.15) is 0 Å². The molecule has 0 spiro atoms. The SMILES string of the molecule is CCC(C)O[C@@H]1OC[C@@H](O)C(O)[C@@H]1O. The Morgan fingerprint density at radius 3 is 2.57 bits per heavy atom.